The lowest BCUT2D eigenvalue weighted by molar-refractivity contribution is 0.0955. The van der Waals surface area contributed by atoms with E-state index in [2.05, 4.69) is 62.3 Å². The van der Waals surface area contributed by atoms with Crippen LogP contribution in [0.2, 0.25) is 0 Å². The summed E-state index contributed by atoms with van der Waals surface area (Å²) in [6.07, 6.45) is 6.69. The Morgan fingerprint density at radius 1 is 1.13 bits per heavy atom. The van der Waals surface area contributed by atoms with E-state index in [1.165, 1.54) is 11.3 Å². The van der Waals surface area contributed by atoms with Gasteiger partial charge in [0.15, 0.2) is 0 Å². The van der Waals surface area contributed by atoms with E-state index in [0.717, 1.165) is 23.2 Å². The largest absolute Gasteiger partial charge is 0.369 e. The molecule has 5 nitrogen and oxygen atoms in total. The molecule has 5 heteroatoms. The Kier molecular flexibility index (Phi) is 5.44. The summed E-state index contributed by atoms with van der Waals surface area (Å²) < 4.78 is 1.92. The summed E-state index contributed by atoms with van der Waals surface area (Å²) in [6.45, 7) is 8.95. The molecule has 1 aliphatic rings. The number of carbonyl (C=O) groups is 1. The van der Waals surface area contributed by atoms with Gasteiger partial charge in [0.25, 0.3) is 5.91 Å². The molecule has 0 aliphatic carbocycles. The van der Waals surface area contributed by atoms with Crippen LogP contribution in [0.15, 0.2) is 66.0 Å². The first-order chi connectivity index (χ1) is 14.8. The number of anilines is 1. The van der Waals surface area contributed by atoms with Crippen molar-refractivity contribution in [3.8, 4) is 5.69 Å². The van der Waals surface area contributed by atoms with Crippen molar-refractivity contribution in [2.75, 3.05) is 11.9 Å². The molecule has 0 saturated carbocycles. The molecule has 2 heterocycles. The summed E-state index contributed by atoms with van der Waals surface area (Å²) >= 11 is 0. The molecule has 0 fully saturated rings. The van der Waals surface area contributed by atoms with Gasteiger partial charge in [-0.2, -0.15) is 5.10 Å². The number of amides is 1. The third-order valence-corrected chi connectivity index (χ3v) is 6.42. The molecule has 160 valence electrons. The molecular weight excluding hydrogens is 384 g/mol. The van der Waals surface area contributed by atoms with Gasteiger partial charge in [0.05, 0.1) is 17.5 Å². The fourth-order valence-corrected chi connectivity index (χ4v) is 4.48. The Hall–Kier alpha value is -3.34. The lowest BCUT2D eigenvalue weighted by Gasteiger charge is -2.45. The number of carbonyl (C=O) groups excluding carboxylic acids is 1. The fourth-order valence-electron chi connectivity index (χ4n) is 4.48. The molecule has 1 N–H and O–H groups in total. The third-order valence-electron chi connectivity index (χ3n) is 6.42. The molecule has 0 saturated heterocycles. The van der Waals surface area contributed by atoms with Crippen molar-refractivity contribution in [3.63, 3.8) is 0 Å². The fraction of sp³-hybridized carbons (Fsp3) is 0.308. The molecule has 1 atom stereocenters. The number of fused-ring (bicyclic) bond motifs is 1. The van der Waals surface area contributed by atoms with Gasteiger partial charge in [-0.05, 0) is 86.2 Å². The molecule has 1 aromatic heterocycles. The van der Waals surface area contributed by atoms with Crippen LogP contribution in [0.5, 0.6) is 0 Å². The van der Waals surface area contributed by atoms with E-state index in [9.17, 15) is 4.79 Å². The SMILES string of the molecule is Cc1cc2c(cc1/C=N\NC(=O)c1ccccc1-n1cccc1)C(C)CC(C)(C)N2C. The number of nitrogens with one attached hydrogen (secondary N) is 1. The van der Waals surface area contributed by atoms with Crippen LogP contribution in [0.4, 0.5) is 5.69 Å². The van der Waals surface area contributed by atoms with Gasteiger partial charge in [-0.25, -0.2) is 5.43 Å². The van der Waals surface area contributed by atoms with E-state index in [4.69, 9.17) is 0 Å². The second-order valence-corrected chi connectivity index (χ2v) is 9.05. The standard InChI is InChI=1S/C26H30N4O/c1-18-14-24-22(19(2)16-26(3,4)29(24)5)15-20(18)17-27-28-25(31)21-10-6-7-11-23(21)30-12-8-9-13-30/h6-15,17,19H,16H2,1-5H3,(H,28,31)/b27-17-. The van der Waals surface area contributed by atoms with Gasteiger partial charge in [0.1, 0.15) is 0 Å². The summed E-state index contributed by atoms with van der Waals surface area (Å²) in [5.41, 5.74) is 9.01. The smallest absolute Gasteiger partial charge is 0.273 e. The van der Waals surface area contributed by atoms with Crippen LogP contribution in [0.3, 0.4) is 0 Å². The monoisotopic (exact) mass is 414 g/mol. The Bertz CT molecular complexity index is 1130. The first-order valence-corrected chi connectivity index (χ1v) is 10.7. The number of aromatic nitrogens is 1. The summed E-state index contributed by atoms with van der Waals surface area (Å²) in [7, 11) is 2.17. The second kappa shape index (κ2) is 8.06. The molecule has 1 amide bonds. The zero-order valence-corrected chi connectivity index (χ0v) is 18.9. The molecule has 2 aromatic carbocycles. The van der Waals surface area contributed by atoms with Crippen LogP contribution < -0.4 is 10.3 Å². The first kappa shape index (κ1) is 20.9. The minimum atomic E-state index is -0.231. The zero-order valence-electron chi connectivity index (χ0n) is 18.9. The van der Waals surface area contributed by atoms with Crippen molar-refractivity contribution in [2.45, 2.75) is 45.6 Å². The van der Waals surface area contributed by atoms with Crippen molar-refractivity contribution in [1.82, 2.24) is 9.99 Å². The van der Waals surface area contributed by atoms with Gasteiger partial charge >= 0.3 is 0 Å². The van der Waals surface area contributed by atoms with Gasteiger partial charge < -0.3 is 9.47 Å². The van der Waals surface area contributed by atoms with Crippen LogP contribution in [-0.4, -0.2) is 29.3 Å². The Labute approximate surface area is 184 Å². The lowest BCUT2D eigenvalue weighted by Crippen LogP contribution is -2.45. The Balaban J connectivity index is 1.56. The maximum atomic E-state index is 12.8. The minimum Gasteiger partial charge on any atom is -0.369 e. The highest BCUT2D eigenvalue weighted by Crippen LogP contribution is 2.43. The number of benzene rings is 2. The van der Waals surface area contributed by atoms with E-state index in [-0.39, 0.29) is 11.4 Å². The molecule has 3 aromatic rings. The number of rotatable bonds is 4. The summed E-state index contributed by atoms with van der Waals surface area (Å²) in [4.78, 5) is 15.2. The number of nitrogens with zero attached hydrogens (tertiary/aromatic N) is 3. The highest BCUT2D eigenvalue weighted by atomic mass is 16.2. The summed E-state index contributed by atoms with van der Waals surface area (Å²) in [6, 6.07) is 15.8. The highest BCUT2D eigenvalue weighted by Gasteiger charge is 2.34. The van der Waals surface area contributed by atoms with Crippen molar-refractivity contribution < 1.29 is 4.79 Å². The second-order valence-electron chi connectivity index (χ2n) is 9.05. The van der Waals surface area contributed by atoms with Gasteiger partial charge in [-0.15, -0.1) is 0 Å². The average Bonchev–Trinajstić information content (AvgIpc) is 3.27. The van der Waals surface area contributed by atoms with Gasteiger partial charge in [-0.3, -0.25) is 4.79 Å². The topological polar surface area (TPSA) is 49.6 Å². The van der Waals surface area contributed by atoms with E-state index in [0.29, 0.717) is 11.5 Å². The minimum absolute atomic E-state index is 0.134. The lowest BCUT2D eigenvalue weighted by atomic mass is 9.79. The molecule has 4 rings (SSSR count). The molecule has 0 bridgehead atoms. The first-order valence-electron chi connectivity index (χ1n) is 10.7. The molecule has 0 radical (unpaired) electrons. The third kappa shape index (κ3) is 4.00. The van der Waals surface area contributed by atoms with Crippen molar-refractivity contribution in [3.05, 3.63) is 83.2 Å². The summed E-state index contributed by atoms with van der Waals surface area (Å²) in [5.74, 6) is 0.239. The zero-order chi connectivity index (χ0) is 22.2. The van der Waals surface area contributed by atoms with Crippen LogP contribution in [0.1, 0.15) is 60.2 Å². The van der Waals surface area contributed by atoms with Crippen molar-refractivity contribution >= 4 is 17.8 Å². The predicted octanol–water partition coefficient (Wildman–Crippen LogP) is 5.27. The molecular formula is C26H30N4O. The van der Waals surface area contributed by atoms with Gasteiger partial charge in [-0.1, -0.05) is 19.1 Å². The predicted molar refractivity (Wildman–Crippen MR) is 128 cm³/mol. The Morgan fingerprint density at radius 3 is 2.58 bits per heavy atom. The normalized spacial score (nSPS) is 17.6. The quantitative estimate of drug-likeness (QED) is 0.467. The number of hydrogen-bond acceptors (Lipinski definition) is 3. The van der Waals surface area contributed by atoms with E-state index in [1.54, 1.807) is 6.21 Å². The van der Waals surface area contributed by atoms with Crippen LogP contribution in [0.25, 0.3) is 5.69 Å². The maximum absolute atomic E-state index is 12.8. The maximum Gasteiger partial charge on any atom is 0.273 e. The van der Waals surface area contributed by atoms with E-state index < -0.39 is 0 Å². The van der Waals surface area contributed by atoms with Crippen LogP contribution in [-0.2, 0) is 0 Å². The van der Waals surface area contributed by atoms with E-state index in [1.807, 2.05) is 53.4 Å². The number of para-hydroxylation sites is 1. The number of hydrogen-bond donors (Lipinski definition) is 1. The Morgan fingerprint density at radius 2 is 1.84 bits per heavy atom. The summed E-state index contributed by atoms with van der Waals surface area (Å²) in [5, 5.41) is 4.28. The number of aryl methyl sites for hydroxylation is 1. The van der Waals surface area contributed by atoms with Crippen molar-refractivity contribution in [2.24, 2.45) is 5.10 Å². The van der Waals surface area contributed by atoms with E-state index >= 15 is 0 Å². The van der Waals surface area contributed by atoms with Crippen molar-refractivity contribution in [1.29, 1.82) is 0 Å². The number of hydrazone groups is 1. The molecule has 0 spiro atoms. The molecule has 1 unspecified atom stereocenters. The van der Waals surface area contributed by atoms with Gasteiger partial charge in [0, 0.05) is 30.7 Å². The highest BCUT2D eigenvalue weighted by molar-refractivity contribution is 5.98. The van der Waals surface area contributed by atoms with Gasteiger partial charge in [0.2, 0.25) is 0 Å². The molecule has 31 heavy (non-hydrogen) atoms. The average molecular weight is 415 g/mol. The van der Waals surface area contributed by atoms with Crippen LogP contribution >= 0.6 is 0 Å². The van der Waals surface area contributed by atoms with Crippen LogP contribution in [0, 0.1) is 6.92 Å². The molecule has 1 aliphatic heterocycles.